The van der Waals surface area contributed by atoms with Gasteiger partial charge in [-0.15, -0.1) is 0 Å². The number of rotatable bonds is 3. The Balaban J connectivity index is 3.95. The SMILES string of the molecule is C=COC(=O)C(=O)C(C)C. The Hall–Kier alpha value is -1.12. The van der Waals surface area contributed by atoms with E-state index in [2.05, 4.69) is 11.3 Å². The topological polar surface area (TPSA) is 43.4 Å². The van der Waals surface area contributed by atoms with Crippen molar-refractivity contribution < 1.29 is 14.3 Å². The average Bonchev–Trinajstić information content (AvgIpc) is 1.87. The van der Waals surface area contributed by atoms with Crippen molar-refractivity contribution in [3.05, 3.63) is 12.8 Å². The third kappa shape index (κ3) is 2.44. The molecule has 0 aromatic carbocycles. The molecule has 3 heteroatoms. The van der Waals surface area contributed by atoms with Crippen molar-refractivity contribution in [3.8, 4) is 0 Å². The molecular weight excluding hydrogens is 132 g/mol. The highest BCUT2D eigenvalue weighted by molar-refractivity contribution is 6.34. The van der Waals surface area contributed by atoms with Crippen LogP contribution in [-0.4, -0.2) is 11.8 Å². The molecule has 0 aliphatic heterocycles. The van der Waals surface area contributed by atoms with E-state index in [4.69, 9.17) is 0 Å². The second-order valence-electron chi connectivity index (χ2n) is 2.09. The summed E-state index contributed by atoms with van der Waals surface area (Å²) in [6, 6.07) is 0. The minimum Gasteiger partial charge on any atom is -0.429 e. The van der Waals surface area contributed by atoms with E-state index in [1.165, 1.54) is 0 Å². The normalized spacial score (nSPS) is 9.10. The molecule has 0 heterocycles. The van der Waals surface area contributed by atoms with Crippen molar-refractivity contribution in [2.45, 2.75) is 13.8 Å². The Kier molecular flexibility index (Phi) is 3.39. The number of carbonyl (C=O) groups excluding carboxylic acids is 2. The molecule has 0 aliphatic carbocycles. The summed E-state index contributed by atoms with van der Waals surface area (Å²) in [5.41, 5.74) is 0. The molecule has 0 bridgehead atoms. The highest BCUT2D eigenvalue weighted by Crippen LogP contribution is 1.95. The molecule has 10 heavy (non-hydrogen) atoms. The Morgan fingerprint density at radius 2 is 2.00 bits per heavy atom. The Labute approximate surface area is 59.7 Å². The summed E-state index contributed by atoms with van der Waals surface area (Å²) in [6.45, 7) is 6.41. The van der Waals surface area contributed by atoms with E-state index in [9.17, 15) is 9.59 Å². The molecule has 0 aromatic rings. The summed E-state index contributed by atoms with van der Waals surface area (Å²) < 4.78 is 4.24. The molecule has 0 spiro atoms. The van der Waals surface area contributed by atoms with Crippen LogP contribution in [0.1, 0.15) is 13.8 Å². The van der Waals surface area contributed by atoms with E-state index >= 15 is 0 Å². The zero-order valence-corrected chi connectivity index (χ0v) is 6.09. The van der Waals surface area contributed by atoms with Gasteiger partial charge in [-0.05, 0) is 0 Å². The van der Waals surface area contributed by atoms with Gasteiger partial charge in [-0.25, -0.2) is 4.79 Å². The summed E-state index contributed by atoms with van der Waals surface area (Å²) in [5.74, 6) is -1.68. The fourth-order valence-electron chi connectivity index (χ4n) is 0.369. The molecule has 0 saturated heterocycles. The zero-order chi connectivity index (χ0) is 8.15. The molecule has 0 atom stereocenters. The number of esters is 1. The predicted octanol–water partition coefficient (Wildman–Crippen LogP) is 0.898. The quantitative estimate of drug-likeness (QED) is 0.334. The summed E-state index contributed by atoms with van der Waals surface area (Å²) in [7, 11) is 0. The highest BCUT2D eigenvalue weighted by Gasteiger charge is 2.17. The molecule has 0 unspecified atom stereocenters. The van der Waals surface area contributed by atoms with Crippen molar-refractivity contribution in [3.63, 3.8) is 0 Å². The average molecular weight is 142 g/mol. The van der Waals surface area contributed by atoms with Gasteiger partial charge in [0.25, 0.3) is 0 Å². The standard InChI is InChI=1S/C7H10O3/c1-4-10-7(9)6(8)5(2)3/h4-5H,1H2,2-3H3. The van der Waals surface area contributed by atoms with Gasteiger partial charge in [0.05, 0.1) is 6.26 Å². The van der Waals surface area contributed by atoms with Crippen molar-refractivity contribution in [1.82, 2.24) is 0 Å². The monoisotopic (exact) mass is 142 g/mol. The largest absolute Gasteiger partial charge is 0.429 e. The van der Waals surface area contributed by atoms with Crippen molar-refractivity contribution in [2.75, 3.05) is 0 Å². The van der Waals surface area contributed by atoms with Gasteiger partial charge in [0, 0.05) is 5.92 Å². The lowest BCUT2D eigenvalue weighted by atomic mass is 10.1. The molecule has 0 aliphatic rings. The summed E-state index contributed by atoms with van der Waals surface area (Å²) in [5, 5.41) is 0. The van der Waals surface area contributed by atoms with E-state index in [0.29, 0.717) is 0 Å². The van der Waals surface area contributed by atoms with Crippen molar-refractivity contribution in [2.24, 2.45) is 5.92 Å². The minimum atomic E-state index is -0.843. The van der Waals surface area contributed by atoms with Crippen LogP contribution in [0.4, 0.5) is 0 Å². The first kappa shape index (κ1) is 8.88. The lowest BCUT2D eigenvalue weighted by Gasteiger charge is -1.99. The lowest BCUT2D eigenvalue weighted by molar-refractivity contribution is -0.151. The van der Waals surface area contributed by atoms with Crippen LogP contribution in [-0.2, 0) is 14.3 Å². The van der Waals surface area contributed by atoms with E-state index in [1.807, 2.05) is 0 Å². The minimum absolute atomic E-state index is 0.313. The zero-order valence-electron chi connectivity index (χ0n) is 6.09. The fraction of sp³-hybridized carbons (Fsp3) is 0.429. The van der Waals surface area contributed by atoms with Crippen molar-refractivity contribution in [1.29, 1.82) is 0 Å². The van der Waals surface area contributed by atoms with E-state index < -0.39 is 11.8 Å². The molecule has 56 valence electrons. The van der Waals surface area contributed by atoms with Crippen LogP contribution in [0, 0.1) is 5.92 Å². The van der Waals surface area contributed by atoms with Crippen LogP contribution in [0.3, 0.4) is 0 Å². The number of ketones is 1. The lowest BCUT2D eigenvalue weighted by Crippen LogP contribution is -2.20. The Morgan fingerprint density at radius 3 is 2.30 bits per heavy atom. The van der Waals surface area contributed by atoms with Crippen LogP contribution in [0.5, 0.6) is 0 Å². The summed E-state index contributed by atoms with van der Waals surface area (Å²) in [4.78, 5) is 21.3. The van der Waals surface area contributed by atoms with Crippen LogP contribution >= 0.6 is 0 Å². The molecule has 0 N–H and O–H groups in total. The van der Waals surface area contributed by atoms with Gasteiger partial charge in [0.1, 0.15) is 0 Å². The molecule has 3 nitrogen and oxygen atoms in total. The maximum absolute atomic E-state index is 10.7. The van der Waals surface area contributed by atoms with Crippen LogP contribution in [0.15, 0.2) is 12.8 Å². The van der Waals surface area contributed by atoms with E-state index in [0.717, 1.165) is 6.26 Å². The van der Waals surface area contributed by atoms with Gasteiger partial charge in [-0.2, -0.15) is 0 Å². The first-order valence-electron chi connectivity index (χ1n) is 2.95. The first-order chi connectivity index (χ1) is 4.59. The molecular formula is C7H10O3. The van der Waals surface area contributed by atoms with Crippen molar-refractivity contribution >= 4 is 11.8 Å². The molecule has 0 rings (SSSR count). The molecule has 0 aromatic heterocycles. The maximum Gasteiger partial charge on any atom is 0.379 e. The van der Waals surface area contributed by atoms with Gasteiger partial charge in [-0.1, -0.05) is 20.4 Å². The summed E-state index contributed by atoms with van der Waals surface area (Å²) >= 11 is 0. The second kappa shape index (κ2) is 3.82. The predicted molar refractivity (Wildman–Crippen MR) is 36.1 cm³/mol. The van der Waals surface area contributed by atoms with Gasteiger partial charge in [0.15, 0.2) is 0 Å². The smallest absolute Gasteiger partial charge is 0.379 e. The molecule has 0 radical (unpaired) electrons. The first-order valence-corrected chi connectivity index (χ1v) is 2.95. The maximum atomic E-state index is 10.7. The second-order valence-corrected chi connectivity index (χ2v) is 2.09. The van der Waals surface area contributed by atoms with Gasteiger partial charge < -0.3 is 4.74 Å². The van der Waals surface area contributed by atoms with Gasteiger partial charge in [0.2, 0.25) is 5.78 Å². The number of hydrogen-bond acceptors (Lipinski definition) is 3. The van der Waals surface area contributed by atoms with E-state index in [-0.39, 0.29) is 5.92 Å². The van der Waals surface area contributed by atoms with E-state index in [1.54, 1.807) is 13.8 Å². The number of carbonyl (C=O) groups is 2. The number of ether oxygens (including phenoxy) is 1. The summed E-state index contributed by atoms with van der Waals surface area (Å²) in [6.07, 6.45) is 0.947. The number of Topliss-reactive ketones (excluding diaryl/α,β-unsaturated/α-hetero) is 1. The molecule has 0 amide bonds. The Morgan fingerprint density at radius 1 is 1.50 bits per heavy atom. The van der Waals surface area contributed by atoms with Gasteiger partial charge in [-0.3, -0.25) is 4.79 Å². The third-order valence-corrected chi connectivity index (χ3v) is 0.916. The fourth-order valence-corrected chi connectivity index (χ4v) is 0.369. The Bertz CT molecular complexity index is 158. The molecule has 0 saturated carbocycles. The van der Waals surface area contributed by atoms with Gasteiger partial charge >= 0.3 is 5.97 Å². The van der Waals surface area contributed by atoms with Crippen LogP contribution in [0.2, 0.25) is 0 Å². The van der Waals surface area contributed by atoms with Crippen LogP contribution in [0.25, 0.3) is 0 Å². The third-order valence-electron chi connectivity index (χ3n) is 0.916. The van der Waals surface area contributed by atoms with Crippen LogP contribution < -0.4 is 0 Å². The number of hydrogen-bond donors (Lipinski definition) is 0. The highest BCUT2D eigenvalue weighted by atomic mass is 16.5. The molecule has 0 fully saturated rings.